The van der Waals surface area contributed by atoms with Gasteiger partial charge < -0.3 is 5.32 Å². The van der Waals surface area contributed by atoms with Gasteiger partial charge in [0.2, 0.25) is 0 Å². The Hall–Kier alpha value is -1.69. The van der Waals surface area contributed by atoms with E-state index in [0.29, 0.717) is 12.2 Å². The number of nitrogens with zero attached hydrogens (tertiary/aromatic N) is 4. The van der Waals surface area contributed by atoms with Crippen LogP contribution in [0.1, 0.15) is 28.7 Å². The van der Waals surface area contributed by atoms with Crippen LogP contribution < -0.4 is 5.32 Å². The van der Waals surface area contributed by atoms with Crippen LogP contribution >= 0.6 is 0 Å². The van der Waals surface area contributed by atoms with Gasteiger partial charge in [-0.15, -0.1) is 0 Å². The van der Waals surface area contributed by atoms with Crippen LogP contribution in [0.2, 0.25) is 0 Å². The molecule has 0 fully saturated rings. The number of carbonyl (C=O) groups is 1. The number of nitrogens with one attached hydrogen (secondary N) is 1. The molecule has 0 saturated heterocycles. The molecular formula is C11H15N5O. The Morgan fingerprint density at radius 1 is 1.41 bits per heavy atom. The third-order valence-electron chi connectivity index (χ3n) is 3.17. The van der Waals surface area contributed by atoms with Crippen molar-refractivity contribution in [3.8, 4) is 0 Å². The first-order valence-corrected chi connectivity index (χ1v) is 5.78. The highest BCUT2D eigenvalue weighted by Gasteiger charge is 2.29. The molecule has 2 aliphatic heterocycles. The fourth-order valence-corrected chi connectivity index (χ4v) is 2.41. The average Bonchev–Trinajstić information content (AvgIpc) is 2.60. The normalized spacial score (nSPS) is 19.5. The molecule has 6 nitrogen and oxygen atoms in total. The summed E-state index contributed by atoms with van der Waals surface area (Å²) in [5, 5.41) is 13.4. The number of hydrogen-bond donors (Lipinski definition) is 1. The number of aromatic nitrogens is 2. The third-order valence-corrected chi connectivity index (χ3v) is 3.17. The van der Waals surface area contributed by atoms with Gasteiger partial charge in [0.15, 0.2) is 0 Å². The Balaban J connectivity index is 2.16. The fourth-order valence-electron chi connectivity index (χ4n) is 2.41. The first-order chi connectivity index (χ1) is 8.16. The lowest BCUT2D eigenvalue weighted by Crippen LogP contribution is -2.27. The molecule has 3 heterocycles. The van der Waals surface area contributed by atoms with E-state index >= 15 is 0 Å². The van der Waals surface area contributed by atoms with E-state index < -0.39 is 0 Å². The molecule has 1 aromatic heterocycles. The lowest BCUT2D eigenvalue weighted by molar-refractivity contribution is 0.0791. The van der Waals surface area contributed by atoms with E-state index in [0.717, 1.165) is 36.5 Å². The largest absolute Gasteiger partial charge is 0.312 e. The predicted molar refractivity (Wildman–Crippen MR) is 62.8 cm³/mol. The van der Waals surface area contributed by atoms with Crippen molar-refractivity contribution in [1.82, 2.24) is 20.1 Å². The molecule has 0 atom stereocenters. The zero-order valence-electron chi connectivity index (χ0n) is 10.0. The van der Waals surface area contributed by atoms with E-state index in [1.54, 1.807) is 11.7 Å². The van der Waals surface area contributed by atoms with Crippen LogP contribution in [-0.4, -0.2) is 40.0 Å². The fraction of sp³-hybridized carbons (Fsp3) is 0.545. The molecule has 0 aromatic carbocycles. The SMILES string of the molecule is CC1=NN(C)C(=O)c2c3c(nn2C1)CCNC3. The van der Waals surface area contributed by atoms with Gasteiger partial charge in [-0.25, -0.2) is 5.01 Å². The summed E-state index contributed by atoms with van der Waals surface area (Å²) < 4.78 is 1.79. The van der Waals surface area contributed by atoms with Gasteiger partial charge in [-0.2, -0.15) is 10.2 Å². The van der Waals surface area contributed by atoms with Crippen molar-refractivity contribution in [2.75, 3.05) is 13.6 Å². The molecule has 0 saturated carbocycles. The highest BCUT2D eigenvalue weighted by molar-refractivity contribution is 5.97. The van der Waals surface area contributed by atoms with Gasteiger partial charge in [-0.05, 0) is 6.92 Å². The lowest BCUT2D eigenvalue weighted by atomic mass is 10.1. The van der Waals surface area contributed by atoms with Crippen molar-refractivity contribution in [3.63, 3.8) is 0 Å². The van der Waals surface area contributed by atoms with E-state index in [4.69, 9.17) is 0 Å². The predicted octanol–water partition coefficient (Wildman–Crippen LogP) is -0.00970. The number of hydrogen-bond acceptors (Lipinski definition) is 4. The topological polar surface area (TPSA) is 62.5 Å². The minimum Gasteiger partial charge on any atom is -0.312 e. The van der Waals surface area contributed by atoms with E-state index in [1.165, 1.54) is 5.01 Å². The summed E-state index contributed by atoms with van der Waals surface area (Å²) >= 11 is 0. The Morgan fingerprint density at radius 2 is 2.24 bits per heavy atom. The maximum Gasteiger partial charge on any atom is 0.292 e. The van der Waals surface area contributed by atoms with E-state index in [9.17, 15) is 4.79 Å². The van der Waals surface area contributed by atoms with Crippen LogP contribution in [-0.2, 0) is 19.5 Å². The Labute approximate surface area is 99.3 Å². The maximum atomic E-state index is 12.2. The molecule has 1 amide bonds. The standard InChI is InChI=1S/C11H15N5O/c1-7-6-16-10(11(17)15(2)13-7)8-5-12-4-3-9(8)14-16/h12H,3-6H2,1-2H3. The molecule has 0 spiro atoms. The first kappa shape index (κ1) is 10.5. The van der Waals surface area contributed by atoms with Crippen molar-refractivity contribution in [2.45, 2.75) is 26.4 Å². The average molecular weight is 233 g/mol. The van der Waals surface area contributed by atoms with Crippen molar-refractivity contribution >= 4 is 11.6 Å². The number of rotatable bonds is 0. The molecule has 0 unspecified atom stereocenters. The van der Waals surface area contributed by atoms with Gasteiger partial charge in [0.1, 0.15) is 5.69 Å². The lowest BCUT2D eigenvalue weighted by Gasteiger charge is -2.14. The molecule has 1 N–H and O–H groups in total. The number of amides is 1. The molecule has 0 radical (unpaired) electrons. The first-order valence-electron chi connectivity index (χ1n) is 5.78. The van der Waals surface area contributed by atoms with Gasteiger partial charge in [0.05, 0.1) is 18.0 Å². The summed E-state index contributed by atoms with van der Waals surface area (Å²) in [7, 11) is 1.69. The second-order valence-corrected chi connectivity index (χ2v) is 4.52. The van der Waals surface area contributed by atoms with Crippen molar-refractivity contribution < 1.29 is 4.79 Å². The molecule has 0 bridgehead atoms. The Bertz CT molecular complexity index is 516. The summed E-state index contributed by atoms with van der Waals surface area (Å²) in [4.78, 5) is 12.2. The van der Waals surface area contributed by atoms with Crippen LogP contribution in [0.25, 0.3) is 0 Å². The second-order valence-electron chi connectivity index (χ2n) is 4.52. The Kier molecular flexibility index (Phi) is 2.25. The van der Waals surface area contributed by atoms with Crippen LogP contribution in [0.4, 0.5) is 0 Å². The van der Waals surface area contributed by atoms with Crippen molar-refractivity contribution in [1.29, 1.82) is 0 Å². The minimum atomic E-state index is -0.0701. The van der Waals surface area contributed by atoms with Crippen LogP contribution in [0, 0.1) is 0 Å². The molecule has 17 heavy (non-hydrogen) atoms. The van der Waals surface area contributed by atoms with E-state index in [1.807, 2.05) is 6.92 Å². The second kappa shape index (κ2) is 3.66. The molecule has 6 heteroatoms. The smallest absolute Gasteiger partial charge is 0.292 e. The summed E-state index contributed by atoms with van der Waals surface area (Å²) in [5.41, 5.74) is 3.68. The zero-order valence-corrected chi connectivity index (χ0v) is 10.0. The molecule has 2 aliphatic rings. The third kappa shape index (κ3) is 1.56. The highest BCUT2D eigenvalue weighted by atomic mass is 16.2. The van der Waals surface area contributed by atoms with Crippen LogP contribution in [0.5, 0.6) is 0 Å². The molecule has 90 valence electrons. The van der Waals surface area contributed by atoms with E-state index in [2.05, 4.69) is 15.5 Å². The minimum absolute atomic E-state index is 0.0701. The quantitative estimate of drug-likeness (QED) is 0.685. The molecule has 1 aromatic rings. The molecule has 3 rings (SSSR count). The summed E-state index contributed by atoms with van der Waals surface area (Å²) in [6.45, 7) is 4.17. The van der Waals surface area contributed by atoms with Crippen molar-refractivity contribution in [2.24, 2.45) is 5.10 Å². The van der Waals surface area contributed by atoms with Gasteiger partial charge in [0.25, 0.3) is 5.91 Å². The monoisotopic (exact) mass is 233 g/mol. The number of carbonyl (C=O) groups excluding carboxylic acids is 1. The van der Waals surface area contributed by atoms with E-state index in [-0.39, 0.29) is 5.91 Å². The maximum absolute atomic E-state index is 12.2. The highest BCUT2D eigenvalue weighted by Crippen LogP contribution is 2.21. The Morgan fingerprint density at radius 3 is 3.06 bits per heavy atom. The van der Waals surface area contributed by atoms with Crippen LogP contribution in [0.15, 0.2) is 5.10 Å². The summed E-state index contributed by atoms with van der Waals surface area (Å²) in [5.74, 6) is -0.0701. The van der Waals surface area contributed by atoms with Gasteiger partial charge in [0, 0.05) is 32.1 Å². The van der Waals surface area contributed by atoms with Crippen molar-refractivity contribution in [3.05, 3.63) is 17.0 Å². The number of hydrazone groups is 1. The van der Waals surface area contributed by atoms with Crippen LogP contribution in [0.3, 0.4) is 0 Å². The summed E-state index contributed by atoms with van der Waals surface area (Å²) in [6.07, 6.45) is 0.891. The summed E-state index contributed by atoms with van der Waals surface area (Å²) in [6, 6.07) is 0. The van der Waals surface area contributed by atoms with Gasteiger partial charge in [-0.1, -0.05) is 0 Å². The molecule has 0 aliphatic carbocycles. The van der Waals surface area contributed by atoms with Gasteiger partial charge >= 0.3 is 0 Å². The molecular weight excluding hydrogens is 218 g/mol. The number of fused-ring (bicyclic) bond motifs is 3. The zero-order chi connectivity index (χ0) is 12.0. The van der Waals surface area contributed by atoms with Gasteiger partial charge in [-0.3, -0.25) is 9.48 Å².